The second kappa shape index (κ2) is 16.7. The summed E-state index contributed by atoms with van der Waals surface area (Å²) in [7, 11) is 0. The Balaban J connectivity index is 1.11. The van der Waals surface area contributed by atoms with Crippen LogP contribution in [0, 0.1) is 0 Å². The van der Waals surface area contributed by atoms with Crippen molar-refractivity contribution in [2.75, 3.05) is 64.7 Å². The lowest BCUT2D eigenvalue weighted by Crippen LogP contribution is -2.33. The van der Waals surface area contributed by atoms with Crippen molar-refractivity contribution >= 4 is 35.2 Å². The molecule has 1 heterocycles. The van der Waals surface area contributed by atoms with E-state index in [0.29, 0.717) is 46.2 Å². The number of carbonyl (C=O) groups is 3. The highest BCUT2D eigenvalue weighted by molar-refractivity contribution is 7.99. The molecule has 0 aliphatic carbocycles. The first-order chi connectivity index (χ1) is 18.1. The van der Waals surface area contributed by atoms with E-state index in [1.54, 1.807) is 11.8 Å². The number of amides is 3. The molecule has 0 spiro atoms. The topological polar surface area (TPSA) is 103 Å². The quantitative estimate of drug-likeness (QED) is 0.233. The first-order valence-electron chi connectivity index (χ1n) is 12.1. The maximum absolute atomic E-state index is 12.2. The number of carbonyl (C=O) groups excluding carboxylic acids is 3. The molecule has 3 amide bonds. The zero-order chi connectivity index (χ0) is 26.1. The minimum atomic E-state index is -0.311. The molecule has 0 aromatic heterocycles. The Hall–Kier alpha value is -3.02. The Kier molecular flexibility index (Phi) is 12.9. The van der Waals surface area contributed by atoms with Gasteiger partial charge in [-0.05, 0) is 30.3 Å². The van der Waals surface area contributed by atoms with E-state index in [2.05, 4.69) is 5.32 Å². The van der Waals surface area contributed by atoms with Crippen LogP contribution in [0.15, 0.2) is 76.5 Å². The zero-order valence-electron chi connectivity index (χ0n) is 20.6. The van der Waals surface area contributed by atoms with Crippen molar-refractivity contribution in [3.8, 4) is 0 Å². The molecular weight excluding hydrogens is 496 g/mol. The van der Waals surface area contributed by atoms with E-state index >= 15 is 0 Å². The van der Waals surface area contributed by atoms with Crippen molar-refractivity contribution < 1.29 is 33.3 Å². The maximum atomic E-state index is 12.2. The van der Waals surface area contributed by atoms with Crippen molar-refractivity contribution in [3.05, 3.63) is 66.7 Å². The third-order valence-electron chi connectivity index (χ3n) is 5.05. The van der Waals surface area contributed by atoms with Gasteiger partial charge in [0.15, 0.2) is 0 Å². The summed E-state index contributed by atoms with van der Waals surface area (Å²) < 4.78 is 21.7. The van der Waals surface area contributed by atoms with Crippen LogP contribution in [0.4, 0.5) is 5.69 Å². The Morgan fingerprint density at radius 1 is 0.703 bits per heavy atom. The average Bonchev–Trinajstić information content (AvgIpc) is 3.22. The molecule has 2 aromatic carbocycles. The van der Waals surface area contributed by atoms with E-state index in [1.807, 2.05) is 54.6 Å². The van der Waals surface area contributed by atoms with Gasteiger partial charge in [-0.2, -0.15) is 0 Å². The average molecular weight is 529 g/mol. The molecule has 0 bridgehead atoms. The third-order valence-corrected chi connectivity index (χ3v) is 6.04. The summed E-state index contributed by atoms with van der Waals surface area (Å²) in [6.07, 6.45) is 2.76. The fraction of sp³-hybridized carbons (Fsp3) is 0.370. The normalized spacial score (nSPS) is 12.9. The van der Waals surface area contributed by atoms with E-state index in [1.165, 1.54) is 12.2 Å². The van der Waals surface area contributed by atoms with Gasteiger partial charge in [-0.1, -0.05) is 36.0 Å². The molecular formula is C27H32N2O7S. The number of benzene rings is 2. The van der Waals surface area contributed by atoms with Crippen molar-refractivity contribution in [1.29, 1.82) is 0 Å². The van der Waals surface area contributed by atoms with Gasteiger partial charge in [0.2, 0.25) is 5.91 Å². The van der Waals surface area contributed by atoms with Crippen LogP contribution in [0.1, 0.15) is 6.42 Å². The smallest absolute Gasteiger partial charge is 0.253 e. The van der Waals surface area contributed by atoms with Gasteiger partial charge in [-0.25, -0.2) is 0 Å². The van der Waals surface area contributed by atoms with Crippen LogP contribution in [-0.2, 0) is 33.3 Å². The van der Waals surface area contributed by atoms with E-state index in [0.717, 1.165) is 20.4 Å². The predicted molar refractivity (Wildman–Crippen MR) is 139 cm³/mol. The molecule has 9 nitrogen and oxygen atoms in total. The third kappa shape index (κ3) is 11.3. The number of nitrogens with zero attached hydrogens (tertiary/aromatic N) is 1. The standard InChI is InChI=1S/C27H32N2O7S/c30-25(28-22-5-4-8-24(21-22)37-23-6-2-1-3-7-23)11-13-33-15-17-35-19-20-36-18-16-34-14-12-29-26(31)9-10-27(29)32/h1-10,21H,11-20H2,(H,28,30). The van der Waals surface area contributed by atoms with Crippen LogP contribution in [0.25, 0.3) is 0 Å². The van der Waals surface area contributed by atoms with Crippen molar-refractivity contribution in [1.82, 2.24) is 4.90 Å². The lowest BCUT2D eigenvalue weighted by molar-refractivity contribution is -0.137. The van der Waals surface area contributed by atoms with Crippen LogP contribution < -0.4 is 5.32 Å². The van der Waals surface area contributed by atoms with Gasteiger partial charge in [0.25, 0.3) is 11.8 Å². The van der Waals surface area contributed by atoms with Gasteiger partial charge >= 0.3 is 0 Å². The molecule has 0 saturated carbocycles. The van der Waals surface area contributed by atoms with Gasteiger partial charge in [0.05, 0.1) is 65.8 Å². The van der Waals surface area contributed by atoms with Crippen LogP contribution in [0.3, 0.4) is 0 Å². The molecule has 0 fully saturated rings. The number of anilines is 1. The monoisotopic (exact) mass is 528 g/mol. The maximum Gasteiger partial charge on any atom is 0.253 e. The lowest BCUT2D eigenvalue weighted by atomic mass is 10.3. The molecule has 0 radical (unpaired) electrons. The Labute approximate surface area is 221 Å². The summed E-state index contributed by atoms with van der Waals surface area (Å²) in [5.41, 5.74) is 0.758. The summed E-state index contributed by atoms with van der Waals surface area (Å²) in [4.78, 5) is 38.3. The molecule has 1 N–H and O–H groups in total. The molecule has 37 heavy (non-hydrogen) atoms. The molecule has 0 unspecified atom stereocenters. The van der Waals surface area contributed by atoms with Gasteiger partial charge < -0.3 is 24.3 Å². The second-order valence-corrected chi connectivity index (χ2v) is 9.00. The van der Waals surface area contributed by atoms with Gasteiger partial charge in [-0.3, -0.25) is 19.3 Å². The minimum absolute atomic E-state index is 0.103. The molecule has 1 aliphatic rings. The second-order valence-electron chi connectivity index (χ2n) is 7.85. The van der Waals surface area contributed by atoms with Gasteiger partial charge in [0, 0.05) is 27.6 Å². The highest BCUT2D eigenvalue weighted by Gasteiger charge is 2.22. The Bertz CT molecular complexity index is 1010. The summed E-state index contributed by atoms with van der Waals surface area (Å²) in [5, 5.41) is 2.90. The van der Waals surface area contributed by atoms with Crippen LogP contribution in [0.2, 0.25) is 0 Å². The number of nitrogens with one attached hydrogen (secondary N) is 1. The number of ether oxygens (including phenoxy) is 4. The number of rotatable bonds is 18. The molecule has 3 rings (SSSR count). The molecule has 1 aliphatic heterocycles. The van der Waals surface area contributed by atoms with Crippen molar-refractivity contribution in [3.63, 3.8) is 0 Å². The van der Waals surface area contributed by atoms with Crippen molar-refractivity contribution in [2.45, 2.75) is 16.2 Å². The lowest BCUT2D eigenvalue weighted by Gasteiger charge is -2.13. The summed E-state index contributed by atoms with van der Waals surface area (Å²) in [6.45, 7) is 3.21. The molecule has 0 saturated heterocycles. The van der Waals surface area contributed by atoms with Gasteiger partial charge in [0.1, 0.15) is 0 Å². The van der Waals surface area contributed by atoms with Gasteiger partial charge in [-0.15, -0.1) is 0 Å². The van der Waals surface area contributed by atoms with E-state index in [-0.39, 0.29) is 37.3 Å². The van der Waals surface area contributed by atoms with Crippen molar-refractivity contribution in [2.24, 2.45) is 0 Å². The first kappa shape index (κ1) is 28.5. The molecule has 198 valence electrons. The van der Waals surface area contributed by atoms with Crippen LogP contribution >= 0.6 is 11.8 Å². The Morgan fingerprint density at radius 2 is 1.27 bits per heavy atom. The van der Waals surface area contributed by atoms with E-state index in [9.17, 15) is 14.4 Å². The fourth-order valence-corrected chi connectivity index (χ4v) is 4.12. The zero-order valence-corrected chi connectivity index (χ0v) is 21.5. The SMILES string of the molecule is O=C(CCOCCOCCOCCOCCN1C(=O)C=CC1=O)Nc1cccc(Sc2ccccc2)c1. The minimum Gasteiger partial charge on any atom is -0.379 e. The van der Waals surface area contributed by atoms with Crippen LogP contribution in [-0.4, -0.2) is 82.0 Å². The highest BCUT2D eigenvalue weighted by atomic mass is 32.2. The van der Waals surface area contributed by atoms with Crippen LogP contribution in [0.5, 0.6) is 0 Å². The summed E-state index contributed by atoms with van der Waals surface area (Å²) in [6, 6.07) is 17.8. The Morgan fingerprint density at radius 3 is 1.92 bits per heavy atom. The summed E-state index contributed by atoms with van der Waals surface area (Å²) >= 11 is 1.64. The molecule has 0 atom stereocenters. The van der Waals surface area contributed by atoms with E-state index in [4.69, 9.17) is 18.9 Å². The van der Waals surface area contributed by atoms with E-state index < -0.39 is 0 Å². The molecule has 10 heteroatoms. The number of imide groups is 1. The largest absolute Gasteiger partial charge is 0.379 e. The fourth-order valence-electron chi connectivity index (χ4n) is 3.22. The highest BCUT2D eigenvalue weighted by Crippen LogP contribution is 2.29. The molecule has 2 aromatic rings. The predicted octanol–water partition coefficient (Wildman–Crippen LogP) is 3.16. The number of hydrogen-bond donors (Lipinski definition) is 1. The first-order valence-corrected chi connectivity index (χ1v) is 12.9. The summed E-state index contributed by atoms with van der Waals surface area (Å²) in [5.74, 6) is -0.725. The number of hydrogen-bond acceptors (Lipinski definition) is 8.